The maximum absolute atomic E-state index is 9.11. The molecule has 2 aliphatic heterocycles. The van der Waals surface area contributed by atoms with Crippen LogP contribution in [0.2, 0.25) is 0 Å². The first-order valence-corrected chi connectivity index (χ1v) is 11.2. The van der Waals surface area contributed by atoms with E-state index in [0.717, 1.165) is 50.2 Å². The van der Waals surface area contributed by atoms with Crippen LogP contribution in [0.15, 0.2) is 41.5 Å². The van der Waals surface area contributed by atoms with Crippen molar-refractivity contribution in [3.8, 4) is 0 Å². The second kappa shape index (κ2) is 8.36. The van der Waals surface area contributed by atoms with Crippen LogP contribution in [0.3, 0.4) is 0 Å². The van der Waals surface area contributed by atoms with Crippen molar-refractivity contribution in [3.05, 3.63) is 36.5 Å². The average molecular weight is 396 g/mol. The largest absolute Gasteiger partial charge is 0.395 e. The number of aliphatic hydroxyl groups excluding tert-OH is 1. The Labute approximate surface area is 173 Å². The molecule has 4 unspecified atom stereocenters. The zero-order chi connectivity index (χ0) is 19.6. The van der Waals surface area contributed by atoms with Crippen LogP contribution in [0.1, 0.15) is 25.7 Å². The van der Waals surface area contributed by atoms with E-state index in [1.54, 1.807) is 0 Å². The van der Waals surface area contributed by atoms with Gasteiger partial charge in [0.1, 0.15) is 0 Å². The quantitative estimate of drug-likeness (QED) is 0.775. The van der Waals surface area contributed by atoms with E-state index in [1.807, 2.05) is 6.21 Å². The molecule has 6 heteroatoms. The summed E-state index contributed by atoms with van der Waals surface area (Å²) in [6.45, 7) is 5.10. The number of hydrogen-bond donors (Lipinski definition) is 2. The molecular formula is C23H33N5O. The van der Waals surface area contributed by atoms with Gasteiger partial charge in [-0.2, -0.15) is 0 Å². The lowest BCUT2D eigenvalue weighted by atomic mass is 9.94. The number of β-amino-alcohol motifs (C(OH)–C–C–N with tert-alkyl or cyclic N) is 1. The maximum Gasteiger partial charge on any atom is 0.196 e. The smallest absolute Gasteiger partial charge is 0.196 e. The van der Waals surface area contributed by atoms with Crippen LogP contribution in [0.5, 0.6) is 0 Å². The van der Waals surface area contributed by atoms with Gasteiger partial charge < -0.3 is 20.2 Å². The summed E-state index contributed by atoms with van der Waals surface area (Å²) in [6, 6.07) is 9.43. The zero-order valence-corrected chi connectivity index (χ0v) is 17.2. The normalized spacial score (nSPS) is 31.6. The van der Waals surface area contributed by atoms with Gasteiger partial charge in [-0.25, -0.2) is 4.99 Å². The molecular weight excluding hydrogens is 362 g/mol. The van der Waals surface area contributed by atoms with Gasteiger partial charge in [-0.1, -0.05) is 6.42 Å². The van der Waals surface area contributed by atoms with Gasteiger partial charge in [0.15, 0.2) is 6.29 Å². The van der Waals surface area contributed by atoms with Gasteiger partial charge in [0.05, 0.1) is 6.61 Å². The molecule has 29 heavy (non-hydrogen) atoms. The molecule has 2 heterocycles. The number of aliphatic imine (C=N–C) groups is 1. The van der Waals surface area contributed by atoms with Crippen molar-refractivity contribution in [2.75, 3.05) is 49.5 Å². The number of rotatable bonds is 6. The Morgan fingerprint density at radius 1 is 1.03 bits per heavy atom. The van der Waals surface area contributed by atoms with Crippen molar-refractivity contribution in [1.29, 1.82) is 0 Å². The van der Waals surface area contributed by atoms with E-state index in [9.17, 15) is 0 Å². The summed E-state index contributed by atoms with van der Waals surface area (Å²) in [6.07, 6.45) is 11.8. The number of hydrogen-bond acceptors (Lipinski definition) is 6. The van der Waals surface area contributed by atoms with E-state index in [1.165, 1.54) is 31.4 Å². The number of piperazine rings is 1. The van der Waals surface area contributed by atoms with Gasteiger partial charge in [-0.3, -0.25) is 4.90 Å². The fourth-order valence-electron chi connectivity index (χ4n) is 5.70. The van der Waals surface area contributed by atoms with E-state index >= 15 is 0 Å². The number of allylic oxidation sites excluding steroid dienone is 1. The summed E-state index contributed by atoms with van der Waals surface area (Å²) >= 11 is 0. The van der Waals surface area contributed by atoms with Crippen molar-refractivity contribution in [2.24, 2.45) is 16.8 Å². The maximum atomic E-state index is 9.11. The first kappa shape index (κ1) is 18.9. The van der Waals surface area contributed by atoms with Gasteiger partial charge in [0.2, 0.25) is 0 Å². The summed E-state index contributed by atoms with van der Waals surface area (Å²) in [5, 5.41) is 12.7. The van der Waals surface area contributed by atoms with E-state index in [4.69, 9.17) is 10.1 Å². The van der Waals surface area contributed by atoms with Gasteiger partial charge in [-0.15, -0.1) is 0 Å². The predicted octanol–water partition coefficient (Wildman–Crippen LogP) is 2.59. The first-order chi connectivity index (χ1) is 14.3. The monoisotopic (exact) mass is 395 g/mol. The highest BCUT2D eigenvalue weighted by Gasteiger charge is 2.43. The number of aliphatic hydroxyl groups is 1. The fraction of sp³-hybridized carbons (Fsp3) is 0.609. The molecule has 1 aromatic carbocycles. The lowest BCUT2D eigenvalue weighted by Crippen LogP contribution is -2.47. The number of nitrogens with one attached hydrogen (secondary N) is 1. The van der Waals surface area contributed by atoms with Crippen LogP contribution < -0.4 is 10.2 Å². The third kappa shape index (κ3) is 4.01. The second-order valence-corrected chi connectivity index (χ2v) is 8.95. The Kier molecular flexibility index (Phi) is 5.46. The molecule has 2 bridgehead atoms. The molecule has 4 aliphatic rings. The molecule has 6 nitrogen and oxygen atoms in total. The molecule has 1 saturated heterocycles. The summed E-state index contributed by atoms with van der Waals surface area (Å²) in [5.41, 5.74) is 2.40. The van der Waals surface area contributed by atoms with Crippen molar-refractivity contribution < 1.29 is 5.11 Å². The number of benzene rings is 1. The lowest BCUT2D eigenvalue weighted by molar-refractivity contribution is 0.165. The number of fused-ring (bicyclic) bond motifs is 2. The third-order valence-corrected chi connectivity index (χ3v) is 7.25. The summed E-state index contributed by atoms with van der Waals surface area (Å²) < 4.78 is 0. The SMILES string of the molecule is OCCN1CCN(c2ccc(NC3N=CC=CN3C3CC4CCC3C4)cc2)CC1. The summed E-state index contributed by atoms with van der Waals surface area (Å²) in [5.74, 6) is 1.77. The van der Waals surface area contributed by atoms with E-state index in [-0.39, 0.29) is 12.9 Å². The van der Waals surface area contributed by atoms with Crippen LogP contribution >= 0.6 is 0 Å². The van der Waals surface area contributed by atoms with E-state index < -0.39 is 0 Å². The van der Waals surface area contributed by atoms with Crippen molar-refractivity contribution >= 4 is 17.6 Å². The van der Waals surface area contributed by atoms with Crippen molar-refractivity contribution in [3.63, 3.8) is 0 Å². The molecule has 156 valence electrons. The van der Waals surface area contributed by atoms with Gasteiger partial charge in [0.25, 0.3) is 0 Å². The van der Waals surface area contributed by atoms with E-state index in [0.29, 0.717) is 6.04 Å². The van der Waals surface area contributed by atoms with Crippen molar-refractivity contribution in [1.82, 2.24) is 9.80 Å². The lowest BCUT2D eigenvalue weighted by Gasteiger charge is -2.39. The Balaban J connectivity index is 1.20. The third-order valence-electron chi connectivity index (χ3n) is 7.25. The minimum Gasteiger partial charge on any atom is -0.395 e. The van der Waals surface area contributed by atoms with Crippen LogP contribution in [-0.2, 0) is 0 Å². The number of nitrogens with zero attached hydrogens (tertiary/aromatic N) is 4. The van der Waals surface area contributed by atoms with Crippen molar-refractivity contribution in [2.45, 2.75) is 38.0 Å². The van der Waals surface area contributed by atoms with Crippen LogP contribution in [-0.4, -0.2) is 72.8 Å². The molecule has 4 atom stereocenters. The Morgan fingerprint density at radius 2 is 1.86 bits per heavy atom. The molecule has 1 aromatic rings. The number of anilines is 2. The average Bonchev–Trinajstić information content (AvgIpc) is 3.39. The molecule has 2 saturated carbocycles. The van der Waals surface area contributed by atoms with Crippen LogP contribution in [0, 0.1) is 11.8 Å². The van der Waals surface area contributed by atoms with Gasteiger partial charge in [-0.05, 0) is 61.4 Å². The predicted molar refractivity (Wildman–Crippen MR) is 118 cm³/mol. The Hall–Kier alpha value is -2.05. The molecule has 3 fully saturated rings. The molecule has 5 rings (SSSR count). The molecule has 2 N–H and O–H groups in total. The summed E-state index contributed by atoms with van der Waals surface area (Å²) in [7, 11) is 0. The molecule has 0 amide bonds. The Bertz CT molecular complexity index is 740. The molecule has 2 aliphatic carbocycles. The van der Waals surface area contributed by atoms with Gasteiger partial charge >= 0.3 is 0 Å². The molecule has 0 spiro atoms. The minimum atomic E-state index is -0.00257. The highest BCUT2D eigenvalue weighted by molar-refractivity contribution is 5.72. The topological polar surface area (TPSA) is 54.3 Å². The van der Waals surface area contributed by atoms with Crippen LogP contribution in [0.4, 0.5) is 11.4 Å². The van der Waals surface area contributed by atoms with Gasteiger partial charge in [0, 0.05) is 62.6 Å². The minimum absolute atomic E-state index is 0.00257. The highest BCUT2D eigenvalue weighted by Crippen LogP contribution is 2.47. The fourth-order valence-corrected chi connectivity index (χ4v) is 5.70. The second-order valence-electron chi connectivity index (χ2n) is 8.95. The zero-order valence-electron chi connectivity index (χ0n) is 17.2. The molecule has 0 aromatic heterocycles. The standard InChI is InChI=1S/C23H33N5O/c29-15-14-26-10-12-27(13-11-26)21-6-4-20(5-7-21)25-23-24-8-1-9-28(23)22-17-18-2-3-19(22)16-18/h1,4-9,18-19,22-23,25,29H,2-3,10-17H2. The Morgan fingerprint density at radius 3 is 2.55 bits per heavy atom. The highest BCUT2D eigenvalue weighted by atomic mass is 16.3. The molecule has 0 radical (unpaired) electrons. The van der Waals surface area contributed by atoms with E-state index in [2.05, 4.69) is 56.6 Å². The van der Waals surface area contributed by atoms with Crippen LogP contribution in [0.25, 0.3) is 0 Å². The summed E-state index contributed by atoms with van der Waals surface area (Å²) in [4.78, 5) is 12.0. The first-order valence-electron chi connectivity index (χ1n) is 11.2.